The van der Waals surface area contributed by atoms with Gasteiger partial charge in [0.05, 0.1) is 11.7 Å². The first-order valence-corrected chi connectivity index (χ1v) is 8.99. The number of rotatable bonds is 5. The number of amides is 1. The number of aromatic nitrogens is 1. The molecule has 1 aromatic heterocycles. The number of nitrogens with one attached hydrogen (secondary N) is 1. The van der Waals surface area contributed by atoms with Crippen LogP contribution in [0, 0.1) is 0 Å². The lowest BCUT2D eigenvalue weighted by Crippen LogP contribution is -2.47. The molecule has 0 unspecified atom stereocenters. The molecular weight excluding hydrogens is 328 g/mol. The minimum Gasteiger partial charge on any atom is -0.491 e. The Morgan fingerprint density at radius 1 is 1.08 bits per heavy atom. The second-order valence-corrected chi connectivity index (χ2v) is 6.84. The van der Waals surface area contributed by atoms with Gasteiger partial charge in [-0.1, -0.05) is 0 Å². The molecule has 26 heavy (non-hydrogen) atoms. The number of hydrogen-bond acceptors (Lipinski definition) is 5. The van der Waals surface area contributed by atoms with Crippen LogP contribution in [0.1, 0.15) is 24.2 Å². The van der Waals surface area contributed by atoms with Gasteiger partial charge in [-0.05, 0) is 57.3 Å². The largest absolute Gasteiger partial charge is 0.491 e. The van der Waals surface area contributed by atoms with Crippen molar-refractivity contribution in [1.82, 2.24) is 14.8 Å². The van der Waals surface area contributed by atoms with Crippen LogP contribution in [0.2, 0.25) is 0 Å². The molecule has 3 rings (SSSR count). The molecule has 0 spiro atoms. The molecule has 6 heteroatoms. The second kappa shape index (κ2) is 8.19. The van der Waals surface area contributed by atoms with E-state index in [-0.39, 0.29) is 12.0 Å². The summed E-state index contributed by atoms with van der Waals surface area (Å²) in [6, 6.07) is 11.4. The average molecular weight is 354 g/mol. The van der Waals surface area contributed by atoms with Gasteiger partial charge in [0.25, 0.3) is 5.91 Å². The van der Waals surface area contributed by atoms with Crippen LogP contribution in [-0.2, 0) is 0 Å². The Balaban J connectivity index is 1.59. The van der Waals surface area contributed by atoms with E-state index in [1.165, 1.54) is 0 Å². The van der Waals surface area contributed by atoms with Crippen molar-refractivity contribution in [1.29, 1.82) is 0 Å². The van der Waals surface area contributed by atoms with Crippen LogP contribution in [0.5, 0.6) is 5.75 Å². The first kappa shape index (κ1) is 18.2. The van der Waals surface area contributed by atoms with Crippen LogP contribution < -0.4 is 10.1 Å². The highest BCUT2D eigenvalue weighted by Crippen LogP contribution is 2.20. The molecule has 1 aliphatic rings. The third-order valence-corrected chi connectivity index (χ3v) is 4.30. The van der Waals surface area contributed by atoms with E-state index in [1.54, 1.807) is 6.20 Å². The van der Waals surface area contributed by atoms with E-state index >= 15 is 0 Å². The highest BCUT2D eigenvalue weighted by atomic mass is 16.5. The third kappa shape index (κ3) is 4.73. The molecule has 0 radical (unpaired) electrons. The normalized spacial score (nSPS) is 15.2. The van der Waals surface area contributed by atoms with E-state index in [4.69, 9.17) is 4.74 Å². The number of ether oxygens (including phenoxy) is 1. The van der Waals surface area contributed by atoms with Crippen molar-refractivity contribution in [3.63, 3.8) is 0 Å². The second-order valence-electron chi connectivity index (χ2n) is 6.84. The number of hydrogen-bond donors (Lipinski definition) is 1. The molecule has 0 bridgehead atoms. The Kier molecular flexibility index (Phi) is 5.73. The molecule has 0 aliphatic carbocycles. The topological polar surface area (TPSA) is 57.7 Å². The van der Waals surface area contributed by atoms with E-state index in [9.17, 15) is 4.79 Å². The Labute approximate surface area is 154 Å². The van der Waals surface area contributed by atoms with Gasteiger partial charge in [0.2, 0.25) is 0 Å². The Morgan fingerprint density at radius 2 is 1.77 bits per heavy atom. The Morgan fingerprint density at radius 3 is 2.35 bits per heavy atom. The number of nitrogens with zero attached hydrogens (tertiary/aromatic N) is 3. The predicted octanol–water partition coefficient (Wildman–Crippen LogP) is 3.00. The van der Waals surface area contributed by atoms with Gasteiger partial charge in [-0.3, -0.25) is 4.79 Å². The molecule has 2 aromatic rings. The van der Waals surface area contributed by atoms with E-state index in [0.29, 0.717) is 11.4 Å². The molecule has 1 aromatic carbocycles. The monoisotopic (exact) mass is 354 g/mol. The Bertz CT molecular complexity index is 720. The van der Waals surface area contributed by atoms with E-state index < -0.39 is 0 Å². The molecule has 1 N–H and O–H groups in total. The number of carbonyl (C=O) groups excluding carboxylic acids is 1. The molecule has 1 amide bonds. The summed E-state index contributed by atoms with van der Waals surface area (Å²) in [7, 11) is 2.07. The zero-order chi connectivity index (χ0) is 18.5. The number of anilines is 2. The van der Waals surface area contributed by atoms with Crippen LogP contribution >= 0.6 is 0 Å². The highest BCUT2D eigenvalue weighted by molar-refractivity contribution is 5.94. The van der Waals surface area contributed by atoms with Crippen molar-refractivity contribution in [3.05, 3.63) is 48.2 Å². The van der Waals surface area contributed by atoms with Gasteiger partial charge in [-0.25, -0.2) is 4.98 Å². The van der Waals surface area contributed by atoms with Gasteiger partial charge in [0.1, 0.15) is 11.6 Å². The molecular formula is C20H26N4O2. The fourth-order valence-corrected chi connectivity index (χ4v) is 2.82. The summed E-state index contributed by atoms with van der Waals surface area (Å²) in [6.45, 7) is 7.35. The highest BCUT2D eigenvalue weighted by Gasteiger charge is 2.20. The number of benzene rings is 1. The quantitative estimate of drug-likeness (QED) is 0.894. The summed E-state index contributed by atoms with van der Waals surface area (Å²) in [5, 5.41) is 3.24. The van der Waals surface area contributed by atoms with E-state index in [2.05, 4.69) is 22.2 Å². The van der Waals surface area contributed by atoms with Crippen LogP contribution in [0.15, 0.2) is 42.6 Å². The van der Waals surface area contributed by atoms with Gasteiger partial charge >= 0.3 is 0 Å². The number of piperazine rings is 1. The van der Waals surface area contributed by atoms with Crippen molar-refractivity contribution in [2.24, 2.45) is 0 Å². The lowest BCUT2D eigenvalue weighted by Gasteiger charge is -2.32. The maximum absolute atomic E-state index is 12.5. The summed E-state index contributed by atoms with van der Waals surface area (Å²) in [5.74, 6) is 1.59. The van der Waals surface area contributed by atoms with Crippen molar-refractivity contribution < 1.29 is 9.53 Å². The first-order chi connectivity index (χ1) is 12.5. The first-order valence-electron chi connectivity index (χ1n) is 8.99. The Hall–Kier alpha value is -2.60. The summed E-state index contributed by atoms with van der Waals surface area (Å²) < 4.78 is 5.64. The molecule has 2 heterocycles. The third-order valence-electron chi connectivity index (χ3n) is 4.30. The van der Waals surface area contributed by atoms with Crippen molar-refractivity contribution >= 4 is 17.4 Å². The van der Waals surface area contributed by atoms with Gasteiger partial charge in [0.15, 0.2) is 0 Å². The number of pyridine rings is 1. The lowest BCUT2D eigenvalue weighted by molar-refractivity contribution is 0.0663. The van der Waals surface area contributed by atoms with Crippen LogP contribution in [-0.4, -0.2) is 60.0 Å². The molecule has 1 aliphatic heterocycles. The van der Waals surface area contributed by atoms with Crippen LogP contribution in [0.25, 0.3) is 0 Å². The minimum atomic E-state index is 0.0485. The summed E-state index contributed by atoms with van der Waals surface area (Å²) >= 11 is 0. The maximum atomic E-state index is 12.5. The number of carbonyl (C=O) groups is 1. The molecule has 6 nitrogen and oxygen atoms in total. The summed E-state index contributed by atoms with van der Waals surface area (Å²) in [6.07, 6.45) is 1.79. The zero-order valence-electron chi connectivity index (χ0n) is 15.6. The van der Waals surface area contributed by atoms with E-state index in [0.717, 1.165) is 37.6 Å². The minimum absolute atomic E-state index is 0.0485. The standard InChI is InChI=1S/C20H26N4O2/c1-15(2)26-18-7-5-17(6-8-18)22-19-9-4-16(14-21-19)20(25)24-12-10-23(3)11-13-24/h4-9,14-15H,10-13H2,1-3H3,(H,21,22). The fourth-order valence-electron chi connectivity index (χ4n) is 2.82. The molecule has 0 atom stereocenters. The molecule has 0 saturated carbocycles. The molecule has 1 fully saturated rings. The van der Waals surface area contributed by atoms with Gasteiger partial charge < -0.3 is 19.9 Å². The van der Waals surface area contributed by atoms with Crippen LogP contribution in [0.3, 0.4) is 0 Å². The SMILES string of the molecule is CC(C)Oc1ccc(Nc2ccc(C(=O)N3CCN(C)CC3)cn2)cc1. The zero-order valence-corrected chi connectivity index (χ0v) is 15.6. The van der Waals surface area contributed by atoms with Gasteiger partial charge in [-0.2, -0.15) is 0 Å². The smallest absolute Gasteiger partial charge is 0.255 e. The average Bonchev–Trinajstić information content (AvgIpc) is 2.64. The van der Waals surface area contributed by atoms with E-state index in [1.807, 2.05) is 55.1 Å². The molecule has 1 saturated heterocycles. The lowest BCUT2D eigenvalue weighted by atomic mass is 10.2. The number of likely N-dealkylation sites (N-methyl/N-ethyl adjacent to an activating group) is 1. The fraction of sp³-hybridized carbons (Fsp3) is 0.400. The van der Waals surface area contributed by atoms with Gasteiger partial charge in [0, 0.05) is 38.1 Å². The van der Waals surface area contributed by atoms with Crippen molar-refractivity contribution in [2.45, 2.75) is 20.0 Å². The maximum Gasteiger partial charge on any atom is 0.255 e. The summed E-state index contributed by atoms with van der Waals surface area (Å²) in [5.41, 5.74) is 1.55. The predicted molar refractivity (Wildman–Crippen MR) is 103 cm³/mol. The van der Waals surface area contributed by atoms with Crippen molar-refractivity contribution in [2.75, 3.05) is 38.5 Å². The summed E-state index contributed by atoms with van der Waals surface area (Å²) in [4.78, 5) is 21.0. The van der Waals surface area contributed by atoms with Gasteiger partial charge in [-0.15, -0.1) is 0 Å². The van der Waals surface area contributed by atoms with Crippen LogP contribution in [0.4, 0.5) is 11.5 Å². The molecule has 138 valence electrons. The van der Waals surface area contributed by atoms with Crippen molar-refractivity contribution in [3.8, 4) is 5.75 Å².